The smallest absolute Gasteiger partial charge is 0.0763 e. The van der Waals surface area contributed by atoms with Crippen LogP contribution in [-0.4, -0.2) is 30.0 Å². The normalized spacial score (nSPS) is 34.7. The zero-order valence-electron chi connectivity index (χ0n) is 10.9. The largest absolute Gasteiger partial charge is 0.389 e. The summed E-state index contributed by atoms with van der Waals surface area (Å²) in [5.74, 6) is 1.53. The summed E-state index contributed by atoms with van der Waals surface area (Å²) in [5, 5.41) is 9.75. The highest BCUT2D eigenvalue weighted by Gasteiger charge is 2.25. The fourth-order valence-electron chi connectivity index (χ4n) is 2.56. The lowest BCUT2D eigenvalue weighted by molar-refractivity contribution is -0.0318. The van der Waals surface area contributed by atoms with Crippen molar-refractivity contribution in [2.45, 2.75) is 58.2 Å². The summed E-state index contributed by atoms with van der Waals surface area (Å²) >= 11 is 0. The molecule has 3 nitrogen and oxygen atoms in total. The number of aliphatic hydroxyl groups is 1. The lowest BCUT2D eigenvalue weighted by Crippen LogP contribution is -2.36. The van der Waals surface area contributed by atoms with Gasteiger partial charge in [0.15, 0.2) is 0 Å². The highest BCUT2D eigenvalue weighted by molar-refractivity contribution is 4.77. The van der Waals surface area contributed by atoms with E-state index in [1.807, 2.05) is 0 Å². The molecule has 0 radical (unpaired) electrons. The van der Waals surface area contributed by atoms with Gasteiger partial charge in [0.05, 0.1) is 11.7 Å². The van der Waals surface area contributed by atoms with E-state index < -0.39 is 5.60 Å². The van der Waals surface area contributed by atoms with Gasteiger partial charge in [0.1, 0.15) is 0 Å². The molecule has 0 amide bonds. The van der Waals surface area contributed by atoms with Gasteiger partial charge >= 0.3 is 0 Å². The molecule has 0 aliphatic heterocycles. The van der Waals surface area contributed by atoms with E-state index in [4.69, 9.17) is 10.5 Å². The molecule has 3 unspecified atom stereocenters. The Labute approximate surface area is 99.4 Å². The van der Waals surface area contributed by atoms with E-state index >= 15 is 0 Å². The van der Waals surface area contributed by atoms with E-state index in [1.54, 1.807) is 6.92 Å². The molecule has 96 valence electrons. The molecule has 0 spiro atoms. The highest BCUT2D eigenvalue weighted by atomic mass is 16.5. The van der Waals surface area contributed by atoms with Gasteiger partial charge in [-0.2, -0.15) is 0 Å². The van der Waals surface area contributed by atoms with Crippen molar-refractivity contribution in [1.82, 2.24) is 0 Å². The molecule has 1 saturated carbocycles. The monoisotopic (exact) mass is 229 g/mol. The topological polar surface area (TPSA) is 55.5 Å². The van der Waals surface area contributed by atoms with Crippen LogP contribution in [0, 0.1) is 11.8 Å². The molecule has 3 heteroatoms. The maximum absolute atomic E-state index is 9.75. The molecule has 0 saturated heterocycles. The first-order chi connectivity index (χ1) is 7.43. The van der Waals surface area contributed by atoms with Crippen LogP contribution in [0.4, 0.5) is 0 Å². The van der Waals surface area contributed by atoms with Gasteiger partial charge in [0.25, 0.3) is 0 Å². The molecule has 1 aliphatic rings. The minimum atomic E-state index is -0.772. The molecular formula is C13H27NO2. The van der Waals surface area contributed by atoms with Gasteiger partial charge in [0.2, 0.25) is 0 Å². The second kappa shape index (κ2) is 5.99. The molecule has 16 heavy (non-hydrogen) atoms. The van der Waals surface area contributed by atoms with Crippen LogP contribution >= 0.6 is 0 Å². The maximum atomic E-state index is 9.75. The second-order valence-electron chi connectivity index (χ2n) is 5.86. The molecule has 0 heterocycles. The van der Waals surface area contributed by atoms with E-state index in [0.717, 1.165) is 24.7 Å². The van der Waals surface area contributed by atoms with Crippen molar-refractivity contribution >= 4 is 0 Å². The molecule has 1 fully saturated rings. The Kier molecular flexibility index (Phi) is 5.22. The van der Waals surface area contributed by atoms with E-state index in [9.17, 15) is 5.11 Å². The van der Waals surface area contributed by atoms with E-state index in [-0.39, 0.29) is 0 Å². The molecule has 0 bridgehead atoms. The number of nitrogens with two attached hydrogens (primary N) is 1. The van der Waals surface area contributed by atoms with Gasteiger partial charge in [-0.1, -0.05) is 13.8 Å². The highest BCUT2D eigenvalue weighted by Crippen LogP contribution is 2.30. The van der Waals surface area contributed by atoms with Crippen LogP contribution < -0.4 is 5.73 Å². The van der Waals surface area contributed by atoms with Crippen LogP contribution in [0.25, 0.3) is 0 Å². The Morgan fingerprint density at radius 1 is 1.25 bits per heavy atom. The standard InChI is InChI=1S/C13H27NO2/c1-10-6-11(2)8-12(7-10)16-5-4-13(3,15)9-14/h10-12,15H,4-9,14H2,1-3H3. The summed E-state index contributed by atoms with van der Waals surface area (Å²) in [4.78, 5) is 0. The van der Waals surface area contributed by atoms with E-state index in [2.05, 4.69) is 13.8 Å². The minimum absolute atomic E-state index is 0.299. The third kappa shape index (κ3) is 4.81. The van der Waals surface area contributed by atoms with E-state index in [1.165, 1.54) is 6.42 Å². The van der Waals surface area contributed by atoms with Gasteiger partial charge in [-0.05, 0) is 38.0 Å². The van der Waals surface area contributed by atoms with Crippen molar-refractivity contribution in [3.8, 4) is 0 Å². The Balaban J connectivity index is 2.22. The predicted molar refractivity (Wildman–Crippen MR) is 66.2 cm³/mol. The van der Waals surface area contributed by atoms with Gasteiger partial charge in [-0.25, -0.2) is 0 Å². The van der Waals surface area contributed by atoms with E-state index in [0.29, 0.717) is 25.7 Å². The summed E-state index contributed by atoms with van der Waals surface area (Å²) in [7, 11) is 0. The SMILES string of the molecule is CC1CC(C)CC(OCCC(C)(O)CN)C1. The average Bonchev–Trinajstić information content (AvgIpc) is 2.16. The van der Waals surface area contributed by atoms with Crippen molar-refractivity contribution in [1.29, 1.82) is 0 Å². The number of hydrogen-bond acceptors (Lipinski definition) is 3. The molecule has 3 N–H and O–H groups in total. The summed E-state index contributed by atoms with van der Waals surface area (Å²) in [6.45, 7) is 7.27. The summed E-state index contributed by atoms with van der Waals surface area (Å²) in [5.41, 5.74) is 4.69. The van der Waals surface area contributed by atoms with Crippen molar-refractivity contribution in [2.24, 2.45) is 17.6 Å². The van der Waals surface area contributed by atoms with Crippen LogP contribution in [-0.2, 0) is 4.74 Å². The van der Waals surface area contributed by atoms with Crippen LogP contribution in [0.15, 0.2) is 0 Å². The van der Waals surface area contributed by atoms with Gasteiger partial charge < -0.3 is 15.6 Å². The van der Waals surface area contributed by atoms with Crippen molar-refractivity contribution in [3.63, 3.8) is 0 Å². The lowest BCUT2D eigenvalue weighted by Gasteiger charge is -2.32. The Hall–Kier alpha value is -0.120. The Morgan fingerprint density at radius 2 is 1.81 bits per heavy atom. The first-order valence-electron chi connectivity index (χ1n) is 6.47. The second-order valence-corrected chi connectivity index (χ2v) is 5.86. The lowest BCUT2D eigenvalue weighted by atomic mass is 9.82. The summed E-state index contributed by atoms with van der Waals surface area (Å²) in [6, 6.07) is 0. The molecule has 0 aromatic heterocycles. The third-order valence-corrected chi connectivity index (χ3v) is 3.57. The summed E-state index contributed by atoms with van der Waals surface area (Å²) < 4.78 is 5.85. The molecule has 1 aliphatic carbocycles. The van der Waals surface area contributed by atoms with Crippen molar-refractivity contribution in [2.75, 3.05) is 13.2 Å². The number of rotatable bonds is 5. The fraction of sp³-hybridized carbons (Fsp3) is 1.00. The first kappa shape index (κ1) is 13.9. The van der Waals surface area contributed by atoms with Gasteiger partial charge in [0, 0.05) is 19.6 Å². The maximum Gasteiger partial charge on any atom is 0.0763 e. The molecule has 0 aromatic carbocycles. The zero-order valence-corrected chi connectivity index (χ0v) is 10.9. The van der Waals surface area contributed by atoms with Gasteiger partial charge in [-0.3, -0.25) is 0 Å². The van der Waals surface area contributed by atoms with Crippen LogP contribution in [0.3, 0.4) is 0 Å². The predicted octanol–water partition coefficient (Wildman–Crippen LogP) is 1.93. The van der Waals surface area contributed by atoms with Crippen LogP contribution in [0.2, 0.25) is 0 Å². The molecule has 3 atom stereocenters. The number of ether oxygens (including phenoxy) is 1. The van der Waals surface area contributed by atoms with Crippen molar-refractivity contribution < 1.29 is 9.84 Å². The molecular weight excluding hydrogens is 202 g/mol. The van der Waals surface area contributed by atoms with Crippen LogP contribution in [0.5, 0.6) is 0 Å². The average molecular weight is 229 g/mol. The Morgan fingerprint density at radius 3 is 2.31 bits per heavy atom. The molecule has 0 aromatic rings. The van der Waals surface area contributed by atoms with Crippen LogP contribution in [0.1, 0.15) is 46.5 Å². The minimum Gasteiger partial charge on any atom is -0.389 e. The Bertz CT molecular complexity index is 196. The summed E-state index contributed by atoms with van der Waals surface area (Å²) in [6.07, 6.45) is 4.65. The molecule has 1 rings (SSSR count). The third-order valence-electron chi connectivity index (χ3n) is 3.57. The quantitative estimate of drug-likeness (QED) is 0.757. The zero-order chi connectivity index (χ0) is 12.2. The fourth-order valence-corrected chi connectivity index (χ4v) is 2.56. The van der Waals surface area contributed by atoms with Gasteiger partial charge in [-0.15, -0.1) is 0 Å². The first-order valence-corrected chi connectivity index (χ1v) is 6.47. The van der Waals surface area contributed by atoms with Crippen molar-refractivity contribution in [3.05, 3.63) is 0 Å². The number of hydrogen-bond donors (Lipinski definition) is 2.